The standard InChI is InChI=1S/C26H32F3NO7/c1-3-26(28,29)18-34-15-13-30(25(33)37-22-8-6-5-7-21(22)27)14-16-36-20-11-9-19(10-12-20)17-23(24(31)32)35-4-2/h5-12,23H,3-4,13-18H2,1-2H3,(H,31,32). The second-order valence-electron chi connectivity index (χ2n) is 8.03. The third-order valence-electron chi connectivity index (χ3n) is 5.25. The number of carboxylic acid groups (broad SMARTS) is 1. The number of carbonyl (C=O) groups excluding carboxylic acids is 1. The Morgan fingerprint density at radius 3 is 2.32 bits per heavy atom. The summed E-state index contributed by atoms with van der Waals surface area (Å²) in [5, 5.41) is 9.21. The van der Waals surface area contributed by atoms with Gasteiger partial charge in [0.1, 0.15) is 19.0 Å². The molecule has 2 aromatic carbocycles. The van der Waals surface area contributed by atoms with E-state index >= 15 is 0 Å². The summed E-state index contributed by atoms with van der Waals surface area (Å²) in [6.07, 6.45) is -2.02. The largest absolute Gasteiger partial charge is 0.492 e. The van der Waals surface area contributed by atoms with E-state index < -0.39 is 36.5 Å². The molecule has 0 heterocycles. The zero-order chi connectivity index (χ0) is 27.3. The topological polar surface area (TPSA) is 94.5 Å². The van der Waals surface area contributed by atoms with Crippen molar-refractivity contribution < 1.29 is 46.8 Å². The van der Waals surface area contributed by atoms with E-state index in [0.717, 1.165) is 11.6 Å². The van der Waals surface area contributed by atoms with E-state index in [1.165, 1.54) is 30.0 Å². The summed E-state index contributed by atoms with van der Waals surface area (Å²) in [5.74, 6) is -4.54. The third-order valence-corrected chi connectivity index (χ3v) is 5.25. The van der Waals surface area contributed by atoms with Crippen LogP contribution in [0.5, 0.6) is 11.5 Å². The Bertz CT molecular complexity index is 988. The zero-order valence-electron chi connectivity index (χ0n) is 20.8. The van der Waals surface area contributed by atoms with Gasteiger partial charge in [-0.05, 0) is 36.8 Å². The number of carbonyl (C=O) groups is 2. The first-order valence-corrected chi connectivity index (χ1v) is 11.9. The second kappa shape index (κ2) is 15.1. The number of hydrogen-bond acceptors (Lipinski definition) is 6. The van der Waals surface area contributed by atoms with Gasteiger partial charge in [-0.25, -0.2) is 22.8 Å². The molecule has 0 aliphatic heterocycles. The first-order valence-electron chi connectivity index (χ1n) is 11.9. The van der Waals surface area contributed by atoms with E-state index in [1.54, 1.807) is 31.2 Å². The lowest BCUT2D eigenvalue weighted by Gasteiger charge is -2.23. The molecular weight excluding hydrogens is 495 g/mol. The molecule has 0 aliphatic rings. The van der Waals surface area contributed by atoms with Gasteiger partial charge in [-0.15, -0.1) is 0 Å². The van der Waals surface area contributed by atoms with Crippen LogP contribution in [-0.2, 0) is 20.7 Å². The Morgan fingerprint density at radius 2 is 1.70 bits per heavy atom. The van der Waals surface area contributed by atoms with Crippen LogP contribution in [-0.4, -0.2) is 73.6 Å². The number of amides is 1. The second-order valence-corrected chi connectivity index (χ2v) is 8.03. The fraction of sp³-hybridized carbons (Fsp3) is 0.462. The highest BCUT2D eigenvalue weighted by atomic mass is 19.3. The number of alkyl halides is 2. The van der Waals surface area contributed by atoms with Gasteiger partial charge < -0.3 is 29.0 Å². The van der Waals surface area contributed by atoms with Crippen LogP contribution in [0.3, 0.4) is 0 Å². The van der Waals surface area contributed by atoms with Crippen molar-refractivity contribution >= 4 is 12.1 Å². The van der Waals surface area contributed by atoms with Gasteiger partial charge in [-0.3, -0.25) is 0 Å². The highest BCUT2D eigenvalue weighted by Gasteiger charge is 2.26. The van der Waals surface area contributed by atoms with Gasteiger partial charge in [-0.1, -0.05) is 31.2 Å². The molecule has 0 aliphatic carbocycles. The quantitative estimate of drug-likeness (QED) is 0.314. The molecule has 8 nitrogen and oxygen atoms in total. The van der Waals surface area contributed by atoms with E-state index in [2.05, 4.69) is 0 Å². The van der Waals surface area contributed by atoms with Gasteiger partial charge in [0, 0.05) is 26.0 Å². The number of para-hydroxylation sites is 1. The molecule has 0 saturated heterocycles. The van der Waals surface area contributed by atoms with Crippen LogP contribution in [0, 0.1) is 5.82 Å². The average molecular weight is 528 g/mol. The van der Waals surface area contributed by atoms with Crippen LogP contribution in [0.4, 0.5) is 18.0 Å². The van der Waals surface area contributed by atoms with Crippen LogP contribution in [0.15, 0.2) is 48.5 Å². The molecule has 1 atom stereocenters. The van der Waals surface area contributed by atoms with E-state index in [1.807, 2.05) is 0 Å². The Kier molecular flexibility index (Phi) is 12.2. The van der Waals surface area contributed by atoms with E-state index in [-0.39, 0.29) is 51.5 Å². The van der Waals surface area contributed by atoms with Crippen molar-refractivity contribution in [3.63, 3.8) is 0 Å². The smallest absolute Gasteiger partial charge is 0.415 e. The molecule has 204 valence electrons. The molecular formula is C26H32F3NO7. The van der Waals surface area contributed by atoms with Crippen LogP contribution in [0.25, 0.3) is 0 Å². The third kappa shape index (κ3) is 10.7. The molecule has 37 heavy (non-hydrogen) atoms. The van der Waals surface area contributed by atoms with Crippen molar-refractivity contribution in [2.75, 3.05) is 39.5 Å². The van der Waals surface area contributed by atoms with Crippen molar-refractivity contribution in [3.05, 3.63) is 59.9 Å². The first-order chi connectivity index (χ1) is 17.6. The monoisotopic (exact) mass is 527 g/mol. The number of carboxylic acids is 1. The average Bonchev–Trinajstić information content (AvgIpc) is 2.87. The molecule has 0 radical (unpaired) electrons. The van der Waals surface area contributed by atoms with Crippen LogP contribution in [0.1, 0.15) is 25.8 Å². The summed E-state index contributed by atoms with van der Waals surface area (Å²) in [6.45, 7) is 2.32. The van der Waals surface area contributed by atoms with Crippen molar-refractivity contribution in [3.8, 4) is 11.5 Å². The number of hydrogen-bond donors (Lipinski definition) is 1. The minimum absolute atomic E-state index is 0.00793. The molecule has 1 amide bonds. The van der Waals surface area contributed by atoms with Crippen LogP contribution >= 0.6 is 0 Å². The van der Waals surface area contributed by atoms with Crippen molar-refractivity contribution in [2.24, 2.45) is 0 Å². The molecule has 2 aromatic rings. The lowest BCUT2D eigenvalue weighted by molar-refractivity contribution is -0.149. The Balaban J connectivity index is 1.94. The highest BCUT2D eigenvalue weighted by Crippen LogP contribution is 2.19. The normalized spacial score (nSPS) is 12.1. The molecule has 1 N–H and O–H groups in total. The first kappa shape index (κ1) is 29.9. The number of aliphatic carboxylic acids is 1. The van der Waals surface area contributed by atoms with E-state index in [0.29, 0.717) is 5.75 Å². The Hall–Kier alpha value is -3.31. The highest BCUT2D eigenvalue weighted by molar-refractivity contribution is 5.72. The van der Waals surface area contributed by atoms with Gasteiger partial charge in [0.25, 0.3) is 5.92 Å². The number of rotatable bonds is 16. The maximum atomic E-state index is 13.9. The minimum Gasteiger partial charge on any atom is -0.492 e. The number of halogens is 3. The molecule has 0 bridgehead atoms. The van der Waals surface area contributed by atoms with Gasteiger partial charge in [0.15, 0.2) is 17.7 Å². The summed E-state index contributed by atoms with van der Waals surface area (Å²) in [5.41, 5.74) is 0.740. The fourth-order valence-electron chi connectivity index (χ4n) is 3.11. The number of benzene rings is 2. The molecule has 2 rings (SSSR count). The van der Waals surface area contributed by atoms with Gasteiger partial charge >= 0.3 is 12.1 Å². The molecule has 0 fully saturated rings. The zero-order valence-corrected chi connectivity index (χ0v) is 20.8. The number of nitrogens with zero attached hydrogens (tertiary/aromatic N) is 1. The molecule has 0 saturated carbocycles. The lowest BCUT2D eigenvalue weighted by atomic mass is 10.1. The van der Waals surface area contributed by atoms with Crippen LogP contribution in [0.2, 0.25) is 0 Å². The lowest BCUT2D eigenvalue weighted by Crippen LogP contribution is -2.39. The summed E-state index contributed by atoms with van der Waals surface area (Å²) in [4.78, 5) is 25.1. The van der Waals surface area contributed by atoms with Gasteiger partial charge in [0.2, 0.25) is 0 Å². The molecule has 1 unspecified atom stereocenters. The van der Waals surface area contributed by atoms with Crippen molar-refractivity contribution in [2.45, 2.75) is 38.7 Å². The fourth-order valence-corrected chi connectivity index (χ4v) is 3.11. The maximum Gasteiger partial charge on any atom is 0.415 e. The summed E-state index contributed by atoms with van der Waals surface area (Å²) >= 11 is 0. The van der Waals surface area contributed by atoms with Gasteiger partial charge in [0.05, 0.1) is 13.2 Å². The maximum absolute atomic E-state index is 13.9. The Morgan fingerprint density at radius 1 is 1.03 bits per heavy atom. The predicted octanol–water partition coefficient (Wildman–Crippen LogP) is 4.80. The summed E-state index contributed by atoms with van der Waals surface area (Å²) < 4.78 is 61.7. The van der Waals surface area contributed by atoms with Crippen molar-refractivity contribution in [1.82, 2.24) is 4.90 Å². The molecule has 11 heteroatoms. The van der Waals surface area contributed by atoms with Gasteiger partial charge in [-0.2, -0.15) is 0 Å². The number of ether oxygens (including phenoxy) is 4. The van der Waals surface area contributed by atoms with Crippen molar-refractivity contribution in [1.29, 1.82) is 0 Å². The van der Waals surface area contributed by atoms with Crippen LogP contribution < -0.4 is 9.47 Å². The molecule has 0 spiro atoms. The molecule has 0 aromatic heterocycles. The SMILES string of the molecule is CCOC(Cc1ccc(OCCN(CCOCC(F)(F)CC)C(=O)Oc2ccccc2F)cc1)C(=O)O. The predicted molar refractivity (Wildman–Crippen MR) is 129 cm³/mol. The summed E-state index contributed by atoms with van der Waals surface area (Å²) in [6, 6.07) is 12.1. The minimum atomic E-state index is -2.97. The Labute approximate surface area is 213 Å². The van der Waals surface area contributed by atoms with E-state index in [9.17, 15) is 27.9 Å². The summed E-state index contributed by atoms with van der Waals surface area (Å²) in [7, 11) is 0. The van der Waals surface area contributed by atoms with E-state index in [4.69, 9.17) is 18.9 Å².